The van der Waals surface area contributed by atoms with E-state index in [1.807, 2.05) is 36.4 Å². The first-order valence-electron chi connectivity index (χ1n) is 9.09. The SMILES string of the molecule is Cc1ccc(N[C@@H](c2ccccc2)c2nnc(-c3ccccc3F)o2)c(C)c1. The quantitative estimate of drug-likeness (QED) is 0.488. The average molecular weight is 373 g/mol. The van der Waals surface area contributed by atoms with E-state index >= 15 is 0 Å². The lowest BCUT2D eigenvalue weighted by molar-refractivity contribution is 0.490. The lowest BCUT2D eigenvalue weighted by atomic mass is 10.0. The van der Waals surface area contributed by atoms with Gasteiger partial charge in [0, 0.05) is 5.69 Å². The molecule has 0 fully saturated rings. The molecule has 4 rings (SSSR count). The lowest BCUT2D eigenvalue weighted by Crippen LogP contribution is -2.13. The topological polar surface area (TPSA) is 51.0 Å². The molecule has 0 saturated carbocycles. The Kier molecular flexibility index (Phi) is 4.89. The largest absolute Gasteiger partial charge is 0.418 e. The van der Waals surface area contributed by atoms with Gasteiger partial charge in [0.25, 0.3) is 5.89 Å². The zero-order valence-corrected chi connectivity index (χ0v) is 15.7. The van der Waals surface area contributed by atoms with Crippen LogP contribution in [-0.4, -0.2) is 10.2 Å². The standard InChI is InChI=1S/C23H20FN3O/c1-15-12-13-20(16(2)14-15)25-21(17-8-4-3-5-9-17)23-27-26-22(28-23)18-10-6-7-11-19(18)24/h3-14,21,25H,1-2H3/t21-/m0/s1. The van der Waals surface area contributed by atoms with E-state index < -0.39 is 5.82 Å². The highest BCUT2D eigenvalue weighted by Crippen LogP contribution is 2.30. The van der Waals surface area contributed by atoms with Gasteiger partial charge in [-0.2, -0.15) is 0 Å². The van der Waals surface area contributed by atoms with E-state index in [1.54, 1.807) is 18.2 Å². The van der Waals surface area contributed by atoms with Crippen molar-refractivity contribution in [3.8, 4) is 11.5 Å². The molecule has 1 heterocycles. The summed E-state index contributed by atoms with van der Waals surface area (Å²) in [6.07, 6.45) is 0. The van der Waals surface area contributed by atoms with Crippen LogP contribution in [0, 0.1) is 19.7 Å². The van der Waals surface area contributed by atoms with E-state index in [0.29, 0.717) is 11.5 Å². The van der Waals surface area contributed by atoms with Gasteiger partial charge in [-0.3, -0.25) is 0 Å². The predicted molar refractivity (Wildman–Crippen MR) is 108 cm³/mol. The molecule has 5 heteroatoms. The molecule has 0 aliphatic rings. The smallest absolute Gasteiger partial charge is 0.250 e. The second-order valence-electron chi connectivity index (χ2n) is 6.73. The van der Waals surface area contributed by atoms with Crippen molar-refractivity contribution in [2.75, 3.05) is 5.32 Å². The maximum Gasteiger partial charge on any atom is 0.250 e. The Morgan fingerprint density at radius 3 is 2.39 bits per heavy atom. The fraction of sp³-hybridized carbons (Fsp3) is 0.130. The van der Waals surface area contributed by atoms with Crippen LogP contribution in [0.15, 0.2) is 77.2 Å². The van der Waals surface area contributed by atoms with Gasteiger partial charge in [0.05, 0.1) is 5.56 Å². The van der Waals surface area contributed by atoms with Gasteiger partial charge >= 0.3 is 0 Å². The summed E-state index contributed by atoms with van der Waals surface area (Å²) in [7, 11) is 0. The van der Waals surface area contributed by atoms with Gasteiger partial charge in [-0.15, -0.1) is 10.2 Å². The Bertz CT molecular complexity index is 1090. The third-order valence-electron chi connectivity index (χ3n) is 4.61. The first kappa shape index (κ1) is 17.9. The number of nitrogens with zero attached hydrogens (tertiary/aromatic N) is 2. The van der Waals surface area contributed by atoms with Crippen molar-refractivity contribution in [1.29, 1.82) is 0 Å². The van der Waals surface area contributed by atoms with E-state index in [4.69, 9.17) is 4.42 Å². The van der Waals surface area contributed by atoms with E-state index in [-0.39, 0.29) is 11.9 Å². The molecule has 0 bridgehead atoms. The van der Waals surface area contributed by atoms with Gasteiger partial charge in [-0.25, -0.2) is 4.39 Å². The first-order valence-corrected chi connectivity index (χ1v) is 9.09. The Morgan fingerprint density at radius 2 is 1.64 bits per heavy atom. The van der Waals surface area contributed by atoms with Gasteiger partial charge in [0.15, 0.2) is 0 Å². The minimum absolute atomic E-state index is 0.163. The minimum atomic E-state index is -0.392. The van der Waals surface area contributed by atoms with Gasteiger partial charge < -0.3 is 9.73 Å². The molecule has 4 aromatic rings. The molecule has 3 aromatic carbocycles. The van der Waals surface area contributed by atoms with Crippen LogP contribution in [0.4, 0.5) is 10.1 Å². The molecular formula is C23H20FN3O. The number of rotatable bonds is 5. The summed E-state index contributed by atoms with van der Waals surface area (Å²) >= 11 is 0. The fourth-order valence-corrected chi connectivity index (χ4v) is 3.16. The summed E-state index contributed by atoms with van der Waals surface area (Å²) < 4.78 is 20.0. The van der Waals surface area contributed by atoms with Crippen LogP contribution in [-0.2, 0) is 0 Å². The van der Waals surface area contributed by atoms with Crippen molar-refractivity contribution < 1.29 is 8.81 Å². The summed E-state index contributed by atoms with van der Waals surface area (Å²) in [5.74, 6) is 0.150. The highest BCUT2D eigenvalue weighted by atomic mass is 19.1. The first-order chi connectivity index (χ1) is 13.6. The number of anilines is 1. The summed E-state index contributed by atoms with van der Waals surface area (Å²) in [4.78, 5) is 0. The molecule has 0 saturated heterocycles. The second kappa shape index (κ2) is 7.64. The van der Waals surface area contributed by atoms with Crippen LogP contribution >= 0.6 is 0 Å². The van der Waals surface area contributed by atoms with Crippen LogP contribution in [0.5, 0.6) is 0 Å². The fourth-order valence-electron chi connectivity index (χ4n) is 3.16. The zero-order valence-electron chi connectivity index (χ0n) is 15.7. The number of hydrogen-bond donors (Lipinski definition) is 1. The normalized spacial score (nSPS) is 12.0. The molecular weight excluding hydrogens is 353 g/mol. The molecule has 0 spiro atoms. The molecule has 28 heavy (non-hydrogen) atoms. The van der Waals surface area contributed by atoms with Crippen molar-refractivity contribution in [2.45, 2.75) is 19.9 Å². The zero-order chi connectivity index (χ0) is 19.5. The number of hydrogen-bond acceptors (Lipinski definition) is 4. The van der Waals surface area contributed by atoms with E-state index in [2.05, 4.69) is 41.5 Å². The Morgan fingerprint density at radius 1 is 0.893 bits per heavy atom. The average Bonchev–Trinajstić information content (AvgIpc) is 3.18. The lowest BCUT2D eigenvalue weighted by Gasteiger charge is -2.19. The number of nitrogens with one attached hydrogen (secondary N) is 1. The van der Waals surface area contributed by atoms with Crippen molar-refractivity contribution >= 4 is 5.69 Å². The van der Waals surface area contributed by atoms with Crippen molar-refractivity contribution in [1.82, 2.24) is 10.2 Å². The van der Waals surface area contributed by atoms with E-state index in [1.165, 1.54) is 11.6 Å². The minimum Gasteiger partial charge on any atom is -0.418 e. The van der Waals surface area contributed by atoms with Crippen LogP contribution in [0.3, 0.4) is 0 Å². The molecule has 0 unspecified atom stereocenters. The maximum atomic E-state index is 14.1. The van der Waals surface area contributed by atoms with Gasteiger partial charge in [0.2, 0.25) is 5.89 Å². The molecule has 4 nitrogen and oxygen atoms in total. The van der Waals surface area contributed by atoms with Crippen LogP contribution in [0.2, 0.25) is 0 Å². The number of halogens is 1. The maximum absolute atomic E-state index is 14.1. The number of aromatic nitrogens is 2. The molecule has 0 radical (unpaired) electrons. The highest BCUT2D eigenvalue weighted by Gasteiger charge is 2.22. The predicted octanol–water partition coefficient (Wildman–Crippen LogP) is 5.69. The van der Waals surface area contributed by atoms with Crippen LogP contribution < -0.4 is 5.32 Å². The van der Waals surface area contributed by atoms with Gasteiger partial charge in [0.1, 0.15) is 11.9 Å². The summed E-state index contributed by atoms with van der Waals surface area (Å²) in [5, 5.41) is 11.8. The van der Waals surface area contributed by atoms with Crippen LogP contribution in [0.25, 0.3) is 11.5 Å². The van der Waals surface area contributed by atoms with Crippen molar-refractivity contribution in [3.05, 3.63) is 101 Å². The third kappa shape index (κ3) is 3.64. The van der Waals surface area contributed by atoms with Crippen LogP contribution in [0.1, 0.15) is 28.6 Å². The number of benzene rings is 3. The molecule has 1 N–H and O–H groups in total. The summed E-state index contributed by atoms with van der Waals surface area (Å²) in [6, 6.07) is 22.1. The van der Waals surface area contributed by atoms with Gasteiger partial charge in [-0.1, -0.05) is 60.2 Å². The third-order valence-corrected chi connectivity index (χ3v) is 4.61. The summed E-state index contributed by atoms with van der Waals surface area (Å²) in [5.41, 5.74) is 4.56. The molecule has 140 valence electrons. The van der Waals surface area contributed by atoms with Gasteiger partial charge in [-0.05, 0) is 43.2 Å². The number of aryl methyl sites for hydroxylation is 2. The Balaban J connectivity index is 1.73. The molecule has 0 aliphatic carbocycles. The summed E-state index contributed by atoms with van der Waals surface area (Å²) in [6.45, 7) is 4.11. The molecule has 0 amide bonds. The molecule has 1 atom stereocenters. The van der Waals surface area contributed by atoms with E-state index in [0.717, 1.165) is 16.8 Å². The molecule has 1 aromatic heterocycles. The Labute approximate surface area is 163 Å². The van der Waals surface area contributed by atoms with E-state index in [9.17, 15) is 4.39 Å². The monoisotopic (exact) mass is 373 g/mol. The molecule has 0 aliphatic heterocycles. The van der Waals surface area contributed by atoms with Crippen molar-refractivity contribution in [2.24, 2.45) is 0 Å². The second-order valence-corrected chi connectivity index (χ2v) is 6.73. The highest BCUT2D eigenvalue weighted by molar-refractivity contribution is 5.56. The van der Waals surface area contributed by atoms with Crippen molar-refractivity contribution in [3.63, 3.8) is 0 Å². The Hall–Kier alpha value is -3.47.